The maximum atomic E-state index is 6.39. The third-order valence-corrected chi connectivity index (χ3v) is 4.27. The third-order valence-electron chi connectivity index (χ3n) is 4.27. The van der Waals surface area contributed by atoms with E-state index in [0.717, 1.165) is 19.3 Å². The molecule has 0 bridgehead atoms. The molecule has 0 aromatic heterocycles. The molecule has 1 saturated heterocycles. The standard InChI is InChI=1S/C14H28N2/c1-4-6-10-13(15)14(3,5-2)16-11-8-7-9-12-16/h4,13H,1,5-12,15H2,2-3H3. The number of allylic oxidation sites excluding steroid dienone is 1. The summed E-state index contributed by atoms with van der Waals surface area (Å²) in [6.07, 6.45) is 9.28. The van der Waals surface area contributed by atoms with Crippen molar-refractivity contribution in [2.24, 2.45) is 5.73 Å². The van der Waals surface area contributed by atoms with E-state index >= 15 is 0 Å². The van der Waals surface area contributed by atoms with Gasteiger partial charge in [0.15, 0.2) is 0 Å². The summed E-state index contributed by atoms with van der Waals surface area (Å²) in [6.45, 7) is 10.8. The van der Waals surface area contributed by atoms with Crippen LogP contribution in [0.5, 0.6) is 0 Å². The van der Waals surface area contributed by atoms with Gasteiger partial charge in [-0.1, -0.05) is 19.4 Å². The topological polar surface area (TPSA) is 29.3 Å². The molecule has 0 spiro atoms. The molecule has 0 aromatic rings. The Morgan fingerprint density at radius 2 is 2.00 bits per heavy atom. The summed E-state index contributed by atoms with van der Waals surface area (Å²) in [7, 11) is 0. The fourth-order valence-corrected chi connectivity index (χ4v) is 2.73. The highest BCUT2D eigenvalue weighted by molar-refractivity contribution is 4.96. The van der Waals surface area contributed by atoms with Crippen molar-refractivity contribution in [2.45, 2.75) is 64.0 Å². The SMILES string of the molecule is C=CCCC(N)C(C)(CC)N1CCCCC1. The first-order valence-corrected chi connectivity index (χ1v) is 6.76. The van der Waals surface area contributed by atoms with Crippen LogP contribution >= 0.6 is 0 Å². The smallest absolute Gasteiger partial charge is 0.0329 e. The van der Waals surface area contributed by atoms with Gasteiger partial charge in [-0.25, -0.2) is 0 Å². The van der Waals surface area contributed by atoms with Crippen LogP contribution in [0.3, 0.4) is 0 Å². The van der Waals surface area contributed by atoms with E-state index < -0.39 is 0 Å². The fourth-order valence-electron chi connectivity index (χ4n) is 2.73. The lowest BCUT2D eigenvalue weighted by Crippen LogP contribution is -2.59. The summed E-state index contributed by atoms with van der Waals surface area (Å²) < 4.78 is 0. The highest BCUT2D eigenvalue weighted by Crippen LogP contribution is 2.28. The second-order valence-electron chi connectivity index (χ2n) is 5.23. The molecule has 2 heteroatoms. The molecule has 2 unspecified atom stereocenters. The van der Waals surface area contributed by atoms with Crippen LogP contribution in [0, 0.1) is 0 Å². The van der Waals surface area contributed by atoms with Gasteiger partial charge in [-0.05, 0) is 52.1 Å². The molecule has 0 aromatic carbocycles. The lowest BCUT2D eigenvalue weighted by atomic mass is 9.84. The van der Waals surface area contributed by atoms with E-state index in [1.807, 2.05) is 6.08 Å². The van der Waals surface area contributed by atoms with Crippen molar-refractivity contribution in [2.75, 3.05) is 13.1 Å². The molecule has 0 aliphatic carbocycles. The maximum Gasteiger partial charge on any atom is 0.0329 e. The molecular formula is C14H28N2. The number of likely N-dealkylation sites (tertiary alicyclic amines) is 1. The monoisotopic (exact) mass is 224 g/mol. The lowest BCUT2D eigenvalue weighted by molar-refractivity contribution is 0.0524. The van der Waals surface area contributed by atoms with Crippen LogP contribution in [0.1, 0.15) is 52.4 Å². The van der Waals surface area contributed by atoms with Gasteiger partial charge in [-0.2, -0.15) is 0 Å². The van der Waals surface area contributed by atoms with Crippen molar-refractivity contribution in [1.82, 2.24) is 4.90 Å². The predicted molar refractivity (Wildman–Crippen MR) is 71.5 cm³/mol. The van der Waals surface area contributed by atoms with Gasteiger partial charge in [0.25, 0.3) is 0 Å². The molecule has 16 heavy (non-hydrogen) atoms. The molecule has 1 aliphatic heterocycles. The largest absolute Gasteiger partial charge is 0.326 e. The average molecular weight is 224 g/mol. The first kappa shape index (κ1) is 13.7. The van der Waals surface area contributed by atoms with E-state index in [4.69, 9.17) is 5.73 Å². The molecule has 0 amide bonds. The second-order valence-corrected chi connectivity index (χ2v) is 5.23. The van der Waals surface area contributed by atoms with E-state index in [9.17, 15) is 0 Å². The Morgan fingerprint density at radius 3 is 2.50 bits per heavy atom. The fraction of sp³-hybridized carbons (Fsp3) is 0.857. The molecule has 1 heterocycles. The van der Waals surface area contributed by atoms with E-state index in [1.165, 1.54) is 32.4 Å². The summed E-state index contributed by atoms with van der Waals surface area (Å²) in [4.78, 5) is 2.62. The van der Waals surface area contributed by atoms with Gasteiger partial charge < -0.3 is 5.73 Å². The van der Waals surface area contributed by atoms with E-state index in [0.29, 0.717) is 0 Å². The van der Waals surface area contributed by atoms with Crippen molar-refractivity contribution in [1.29, 1.82) is 0 Å². The zero-order valence-corrected chi connectivity index (χ0v) is 11.0. The van der Waals surface area contributed by atoms with Crippen LogP contribution in [0.4, 0.5) is 0 Å². The van der Waals surface area contributed by atoms with Crippen LogP contribution < -0.4 is 5.73 Å². The highest BCUT2D eigenvalue weighted by atomic mass is 15.2. The maximum absolute atomic E-state index is 6.39. The number of rotatable bonds is 6. The molecule has 1 aliphatic rings. The zero-order valence-electron chi connectivity index (χ0n) is 11.0. The van der Waals surface area contributed by atoms with Crippen LogP contribution in [0.15, 0.2) is 12.7 Å². The predicted octanol–water partition coefficient (Wildman–Crippen LogP) is 2.93. The molecule has 2 nitrogen and oxygen atoms in total. The van der Waals surface area contributed by atoms with Crippen molar-refractivity contribution >= 4 is 0 Å². The number of piperidine rings is 1. The van der Waals surface area contributed by atoms with Crippen LogP contribution in [0.25, 0.3) is 0 Å². The molecule has 94 valence electrons. The van der Waals surface area contributed by atoms with E-state index in [-0.39, 0.29) is 11.6 Å². The second kappa shape index (κ2) is 6.41. The van der Waals surface area contributed by atoms with Crippen molar-refractivity contribution in [3.05, 3.63) is 12.7 Å². The van der Waals surface area contributed by atoms with Crippen LogP contribution in [-0.2, 0) is 0 Å². The Morgan fingerprint density at radius 1 is 1.38 bits per heavy atom. The minimum atomic E-state index is 0.184. The van der Waals surface area contributed by atoms with Gasteiger partial charge >= 0.3 is 0 Å². The summed E-state index contributed by atoms with van der Waals surface area (Å²) in [5.41, 5.74) is 6.57. The minimum Gasteiger partial charge on any atom is -0.326 e. The Labute approximate surface area is 101 Å². The van der Waals surface area contributed by atoms with Crippen molar-refractivity contribution < 1.29 is 0 Å². The molecule has 2 N–H and O–H groups in total. The first-order chi connectivity index (χ1) is 7.65. The molecule has 2 atom stereocenters. The molecular weight excluding hydrogens is 196 g/mol. The first-order valence-electron chi connectivity index (χ1n) is 6.76. The summed E-state index contributed by atoms with van der Waals surface area (Å²) in [5.74, 6) is 0. The third kappa shape index (κ3) is 3.08. The van der Waals surface area contributed by atoms with Gasteiger partial charge in [0.05, 0.1) is 0 Å². The Hall–Kier alpha value is -0.340. The minimum absolute atomic E-state index is 0.184. The average Bonchev–Trinajstić information content (AvgIpc) is 2.35. The zero-order chi connectivity index (χ0) is 12.0. The van der Waals surface area contributed by atoms with Gasteiger partial charge in [0.1, 0.15) is 0 Å². The van der Waals surface area contributed by atoms with Gasteiger partial charge in [-0.3, -0.25) is 4.90 Å². The molecule has 0 radical (unpaired) electrons. The van der Waals surface area contributed by atoms with Gasteiger partial charge in [-0.15, -0.1) is 6.58 Å². The lowest BCUT2D eigenvalue weighted by Gasteiger charge is -2.46. The van der Waals surface area contributed by atoms with Crippen LogP contribution in [0.2, 0.25) is 0 Å². The Bertz CT molecular complexity index is 209. The molecule has 1 rings (SSSR count). The molecule has 0 saturated carbocycles. The Kier molecular flexibility index (Phi) is 5.50. The van der Waals surface area contributed by atoms with Gasteiger partial charge in [0, 0.05) is 11.6 Å². The normalized spacial score (nSPS) is 23.7. The van der Waals surface area contributed by atoms with E-state index in [2.05, 4.69) is 25.3 Å². The summed E-state index contributed by atoms with van der Waals surface area (Å²) in [6, 6.07) is 0.272. The quantitative estimate of drug-likeness (QED) is 0.703. The van der Waals surface area contributed by atoms with Gasteiger partial charge in [0.2, 0.25) is 0 Å². The van der Waals surface area contributed by atoms with Crippen LogP contribution in [-0.4, -0.2) is 29.6 Å². The highest BCUT2D eigenvalue weighted by Gasteiger charge is 2.35. The van der Waals surface area contributed by atoms with Crippen molar-refractivity contribution in [3.8, 4) is 0 Å². The van der Waals surface area contributed by atoms with Crippen molar-refractivity contribution in [3.63, 3.8) is 0 Å². The van der Waals surface area contributed by atoms with E-state index in [1.54, 1.807) is 0 Å². The summed E-state index contributed by atoms with van der Waals surface area (Å²) in [5, 5.41) is 0. The molecule has 1 fully saturated rings. The Balaban J connectivity index is 2.61. The number of hydrogen-bond donors (Lipinski definition) is 1. The summed E-state index contributed by atoms with van der Waals surface area (Å²) >= 11 is 0. The number of nitrogens with two attached hydrogens (primary N) is 1. The number of hydrogen-bond acceptors (Lipinski definition) is 2. The number of nitrogens with zero attached hydrogens (tertiary/aromatic N) is 1.